The predicted octanol–water partition coefficient (Wildman–Crippen LogP) is 10.0. The number of carbonyl (C=O) groups is 1. The summed E-state index contributed by atoms with van der Waals surface area (Å²) in [6.07, 6.45) is 0. The van der Waals surface area contributed by atoms with Crippen LogP contribution in [0.3, 0.4) is 0 Å². The number of hydrogen-bond donors (Lipinski definition) is 0. The quantitative estimate of drug-likeness (QED) is 0.193. The van der Waals surface area contributed by atoms with E-state index in [4.69, 9.17) is 19.4 Å². The van der Waals surface area contributed by atoms with E-state index in [2.05, 4.69) is 30.3 Å². The average molecular weight is 631 g/mol. The molecule has 6 heteroatoms. The van der Waals surface area contributed by atoms with E-state index in [1.807, 2.05) is 126 Å². The number of rotatable bonds is 4. The first kappa shape index (κ1) is 27.5. The molecule has 0 N–H and O–H groups in total. The molecule has 0 aliphatic heterocycles. The molecule has 1 aliphatic carbocycles. The smallest absolute Gasteiger partial charge is 0.238 e. The highest BCUT2D eigenvalue weighted by atomic mass is 16.3. The molecule has 6 nitrogen and oxygen atoms in total. The number of fused-ring (bicyclic) bond motifs is 8. The van der Waals surface area contributed by atoms with Crippen LogP contribution >= 0.6 is 0 Å². The molecule has 0 fully saturated rings. The molecular formula is C43H26N4O2. The van der Waals surface area contributed by atoms with E-state index in [-0.39, 0.29) is 5.78 Å². The Morgan fingerprint density at radius 3 is 1.92 bits per heavy atom. The number of para-hydroxylation sites is 2. The summed E-state index contributed by atoms with van der Waals surface area (Å²) >= 11 is 0. The zero-order valence-electron chi connectivity index (χ0n) is 26.1. The minimum atomic E-state index is -0.547. The van der Waals surface area contributed by atoms with Crippen LogP contribution in [-0.2, 0) is 0 Å². The van der Waals surface area contributed by atoms with Gasteiger partial charge in [-0.15, -0.1) is 0 Å². The molecule has 1 unspecified atom stereocenters. The van der Waals surface area contributed by atoms with Crippen LogP contribution in [0.15, 0.2) is 156 Å². The molecule has 9 aromatic rings. The Balaban J connectivity index is 1.26. The summed E-state index contributed by atoms with van der Waals surface area (Å²) in [6, 6.07) is 50.3. The number of ketones is 1. The third-order valence-corrected chi connectivity index (χ3v) is 9.53. The lowest BCUT2D eigenvalue weighted by Crippen LogP contribution is -2.23. The molecule has 0 saturated heterocycles. The van der Waals surface area contributed by atoms with Gasteiger partial charge in [0, 0.05) is 32.8 Å². The predicted molar refractivity (Wildman–Crippen MR) is 193 cm³/mol. The van der Waals surface area contributed by atoms with Gasteiger partial charge < -0.3 is 4.42 Å². The van der Waals surface area contributed by atoms with Gasteiger partial charge in [-0.25, -0.2) is 4.98 Å². The Morgan fingerprint density at radius 1 is 0.551 bits per heavy atom. The fourth-order valence-corrected chi connectivity index (χ4v) is 7.36. The monoisotopic (exact) mass is 630 g/mol. The zero-order chi connectivity index (χ0) is 32.5. The van der Waals surface area contributed by atoms with Gasteiger partial charge in [-0.3, -0.25) is 9.36 Å². The van der Waals surface area contributed by atoms with Crippen LogP contribution < -0.4 is 0 Å². The van der Waals surface area contributed by atoms with Crippen LogP contribution in [0.1, 0.15) is 27.5 Å². The van der Waals surface area contributed by atoms with Gasteiger partial charge in [0.15, 0.2) is 17.4 Å². The minimum absolute atomic E-state index is 0.0139. The van der Waals surface area contributed by atoms with Crippen molar-refractivity contribution in [2.45, 2.75) is 5.92 Å². The number of aromatic nitrogens is 4. The summed E-state index contributed by atoms with van der Waals surface area (Å²) < 4.78 is 8.09. The molecule has 49 heavy (non-hydrogen) atoms. The molecule has 0 spiro atoms. The lowest BCUT2D eigenvalue weighted by atomic mass is 9.76. The van der Waals surface area contributed by atoms with E-state index in [9.17, 15) is 0 Å². The van der Waals surface area contributed by atoms with Crippen LogP contribution in [0.2, 0.25) is 0 Å². The van der Waals surface area contributed by atoms with Crippen molar-refractivity contribution >= 4 is 38.6 Å². The van der Waals surface area contributed by atoms with Crippen molar-refractivity contribution in [2.75, 3.05) is 0 Å². The second kappa shape index (κ2) is 10.7. The highest BCUT2D eigenvalue weighted by Crippen LogP contribution is 2.48. The average Bonchev–Trinajstić information content (AvgIpc) is 3.72. The van der Waals surface area contributed by atoms with E-state index in [0.29, 0.717) is 23.3 Å². The summed E-state index contributed by atoms with van der Waals surface area (Å²) in [5.41, 5.74) is 8.56. The van der Waals surface area contributed by atoms with Gasteiger partial charge in [0.05, 0.1) is 11.4 Å². The van der Waals surface area contributed by atoms with Crippen molar-refractivity contribution in [3.8, 4) is 39.9 Å². The summed E-state index contributed by atoms with van der Waals surface area (Å²) in [5, 5.41) is 2.98. The molecule has 1 aliphatic rings. The standard InChI is InChI=1S/C43H26N4O2/c48-40-37(28-23-24-36-33(25-28)29-17-10-12-22-35(29)49-36)30-18-7-8-19-31(30)38-32-20-9-11-21-34(32)47(39(38)40)43-45-41(26-13-3-1-4-14-26)44-42(46-43)27-15-5-2-6-16-27/h1-25,37H. The number of benzene rings is 6. The van der Waals surface area contributed by atoms with Crippen LogP contribution in [0.4, 0.5) is 0 Å². The highest BCUT2D eigenvalue weighted by molar-refractivity contribution is 6.18. The molecule has 0 amide bonds. The fraction of sp³-hybridized carbons (Fsp3) is 0.0233. The normalized spacial score (nSPS) is 14.0. The largest absolute Gasteiger partial charge is 0.456 e. The van der Waals surface area contributed by atoms with Gasteiger partial charge in [0.2, 0.25) is 5.95 Å². The maximum Gasteiger partial charge on any atom is 0.238 e. The lowest BCUT2D eigenvalue weighted by Gasteiger charge is -2.26. The Bertz CT molecular complexity index is 2690. The van der Waals surface area contributed by atoms with Crippen molar-refractivity contribution in [3.63, 3.8) is 0 Å². The topological polar surface area (TPSA) is 73.8 Å². The first-order chi connectivity index (χ1) is 24.2. The summed E-state index contributed by atoms with van der Waals surface area (Å²) in [7, 11) is 0. The van der Waals surface area contributed by atoms with Crippen molar-refractivity contribution in [3.05, 3.63) is 168 Å². The molecule has 0 bridgehead atoms. The maximum absolute atomic E-state index is 15.3. The first-order valence-electron chi connectivity index (χ1n) is 16.3. The van der Waals surface area contributed by atoms with Crippen molar-refractivity contribution in [1.29, 1.82) is 0 Å². The van der Waals surface area contributed by atoms with Crippen molar-refractivity contribution < 1.29 is 9.21 Å². The molecule has 0 saturated carbocycles. The van der Waals surface area contributed by atoms with Crippen LogP contribution in [0.25, 0.3) is 72.7 Å². The Labute approximate surface area is 281 Å². The summed E-state index contributed by atoms with van der Waals surface area (Å²) in [4.78, 5) is 30.3. The van der Waals surface area contributed by atoms with Gasteiger partial charge in [-0.1, -0.05) is 127 Å². The summed E-state index contributed by atoms with van der Waals surface area (Å²) in [6.45, 7) is 0. The molecule has 230 valence electrons. The molecular weight excluding hydrogens is 604 g/mol. The lowest BCUT2D eigenvalue weighted by molar-refractivity contribution is 0.0966. The molecule has 0 radical (unpaired) electrons. The van der Waals surface area contributed by atoms with Crippen molar-refractivity contribution in [1.82, 2.24) is 19.5 Å². The number of hydrogen-bond acceptors (Lipinski definition) is 5. The third-order valence-electron chi connectivity index (χ3n) is 9.53. The van der Waals surface area contributed by atoms with Crippen LogP contribution in [-0.4, -0.2) is 25.3 Å². The molecule has 1 atom stereocenters. The Hall–Kier alpha value is -6.66. The third kappa shape index (κ3) is 4.21. The second-order valence-corrected chi connectivity index (χ2v) is 12.3. The van der Waals surface area contributed by atoms with Gasteiger partial charge in [-0.05, 0) is 41.0 Å². The number of carbonyl (C=O) groups excluding carboxylic acids is 1. The number of Topliss-reactive ketones (excluding diaryl/α,β-unsaturated/α-hetero) is 1. The Morgan fingerprint density at radius 2 is 1.16 bits per heavy atom. The van der Waals surface area contributed by atoms with Gasteiger partial charge >= 0.3 is 0 Å². The molecule has 3 heterocycles. The van der Waals surface area contributed by atoms with E-state index in [1.54, 1.807) is 0 Å². The Kier molecular flexibility index (Phi) is 5.99. The van der Waals surface area contributed by atoms with Crippen LogP contribution in [0, 0.1) is 0 Å². The molecule has 6 aromatic carbocycles. The SMILES string of the molecule is O=C1c2c(c3ccccc3n2-c2nc(-c3ccccc3)nc(-c3ccccc3)n2)-c2ccccc2C1c1ccc2oc3ccccc3c2c1. The fourth-order valence-electron chi connectivity index (χ4n) is 7.36. The highest BCUT2D eigenvalue weighted by Gasteiger charge is 2.39. The number of nitrogens with zero attached hydrogens (tertiary/aromatic N) is 4. The summed E-state index contributed by atoms with van der Waals surface area (Å²) in [5.74, 6) is 0.906. The second-order valence-electron chi connectivity index (χ2n) is 12.3. The minimum Gasteiger partial charge on any atom is -0.456 e. The molecule has 3 aromatic heterocycles. The first-order valence-corrected chi connectivity index (χ1v) is 16.3. The number of furan rings is 1. The van der Waals surface area contributed by atoms with Gasteiger partial charge in [0.1, 0.15) is 16.9 Å². The molecule has 10 rings (SSSR count). The van der Waals surface area contributed by atoms with Gasteiger partial charge in [-0.2, -0.15) is 9.97 Å². The van der Waals surface area contributed by atoms with E-state index < -0.39 is 5.92 Å². The maximum atomic E-state index is 15.3. The van der Waals surface area contributed by atoms with Gasteiger partial charge in [0.25, 0.3) is 0 Å². The van der Waals surface area contributed by atoms with Crippen LogP contribution in [0.5, 0.6) is 0 Å². The van der Waals surface area contributed by atoms with Crippen molar-refractivity contribution in [2.24, 2.45) is 0 Å². The zero-order valence-corrected chi connectivity index (χ0v) is 26.1. The van der Waals surface area contributed by atoms with E-state index in [0.717, 1.165) is 66.2 Å². The van der Waals surface area contributed by atoms with E-state index in [1.165, 1.54) is 0 Å². The van der Waals surface area contributed by atoms with E-state index >= 15 is 4.79 Å².